The Morgan fingerprint density at radius 2 is 2.03 bits per heavy atom. The molecule has 0 radical (unpaired) electrons. The van der Waals surface area contributed by atoms with Gasteiger partial charge in [0.25, 0.3) is 0 Å². The van der Waals surface area contributed by atoms with Gasteiger partial charge >= 0.3 is 0 Å². The molecule has 1 atom stereocenters. The molecule has 1 amide bonds. The van der Waals surface area contributed by atoms with Crippen molar-refractivity contribution in [2.45, 2.75) is 31.7 Å². The minimum absolute atomic E-state index is 0.264. The molecule has 0 bridgehead atoms. The van der Waals surface area contributed by atoms with Crippen LogP contribution in [0.15, 0.2) is 36.5 Å². The van der Waals surface area contributed by atoms with Gasteiger partial charge < -0.3 is 24.3 Å². The first-order valence-corrected chi connectivity index (χ1v) is 15.2. The number of nitrogens with zero attached hydrogens (tertiary/aromatic N) is 3. The number of nitrogens with one attached hydrogen (secondary N) is 1. The molecular formula is C25H32N4O3Si. The average molecular weight is 465 g/mol. The topological polar surface area (TPSA) is 81.6 Å². The van der Waals surface area contributed by atoms with E-state index in [1.807, 2.05) is 24.4 Å². The smallest absolute Gasteiger partial charge is 0.214 e. The number of morpholine rings is 1. The highest BCUT2D eigenvalue weighted by atomic mass is 28.3. The van der Waals surface area contributed by atoms with Crippen LogP contribution in [-0.4, -0.2) is 68.8 Å². The Kier molecular flexibility index (Phi) is 7.03. The van der Waals surface area contributed by atoms with Crippen LogP contribution >= 0.6 is 0 Å². The summed E-state index contributed by atoms with van der Waals surface area (Å²) in [5.41, 5.74) is 5.28. The number of amides is 1. The number of carbonyl (C=O) groups excluding carboxylic acids is 1. The molecule has 7 nitrogen and oxygen atoms in total. The third kappa shape index (κ3) is 5.06. The molecule has 0 spiro atoms. The van der Waals surface area contributed by atoms with Gasteiger partial charge in [0.2, 0.25) is 6.41 Å². The number of aromatic nitrogens is 1. The van der Waals surface area contributed by atoms with Gasteiger partial charge in [-0.1, -0.05) is 31.8 Å². The Hall–Kier alpha value is -2.86. The first-order valence-electron chi connectivity index (χ1n) is 11.5. The number of H-pyrrole nitrogens is 1. The van der Waals surface area contributed by atoms with Gasteiger partial charge in [-0.05, 0) is 24.2 Å². The standard InChI is InChI=1S/C25H32N4O3Si/c1-33(2,3)14-13-32-17-22-23-21(7-8-27-23)25(28-9-11-31-12-10-28)24(29(22)18-30)20-6-4-5-19(15-20)16-26/h4-8,15,18,22,27H,9-14,17H2,1-3H3. The van der Waals surface area contributed by atoms with E-state index < -0.39 is 8.07 Å². The number of fused-ring (bicyclic) bond motifs is 1. The zero-order chi connectivity index (χ0) is 23.4. The average Bonchev–Trinajstić information content (AvgIpc) is 3.30. The lowest BCUT2D eigenvalue weighted by Gasteiger charge is -2.41. The summed E-state index contributed by atoms with van der Waals surface area (Å²) in [5, 5.41) is 9.49. The predicted molar refractivity (Wildman–Crippen MR) is 131 cm³/mol. The zero-order valence-corrected chi connectivity index (χ0v) is 20.6. The van der Waals surface area contributed by atoms with Crippen molar-refractivity contribution >= 4 is 25.9 Å². The van der Waals surface area contributed by atoms with E-state index >= 15 is 0 Å². The van der Waals surface area contributed by atoms with Crippen LogP contribution in [0.25, 0.3) is 11.4 Å². The van der Waals surface area contributed by atoms with E-state index in [0.717, 1.165) is 53.8 Å². The second-order valence-corrected chi connectivity index (χ2v) is 15.3. The fourth-order valence-corrected chi connectivity index (χ4v) is 5.16. The molecule has 0 saturated carbocycles. The van der Waals surface area contributed by atoms with Crippen molar-refractivity contribution in [2.75, 3.05) is 39.5 Å². The lowest BCUT2D eigenvalue weighted by atomic mass is 9.93. The summed E-state index contributed by atoms with van der Waals surface area (Å²) in [5.74, 6) is 0. The minimum atomic E-state index is -1.21. The summed E-state index contributed by atoms with van der Waals surface area (Å²) >= 11 is 0. The number of aromatic amines is 1. The minimum Gasteiger partial charge on any atom is -0.379 e. The molecule has 2 aromatic rings. The predicted octanol–water partition coefficient (Wildman–Crippen LogP) is 3.91. The van der Waals surface area contributed by atoms with E-state index in [9.17, 15) is 10.1 Å². The summed E-state index contributed by atoms with van der Waals surface area (Å²) in [6, 6.07) is 12.6. The summed E-state index contributed by atoms with van der Waals surface area (Å²) in [6.45, 7) is 10.8. The molecule has 1 aromatic carbocycles. The van der Waals surface area contributed by atoms with Crippen molar-refractivity contribution in [3.63, 3.8) is 0 Å². The Morgan fingerprint density at radius 3 is 2.73 bits per heavy atom. The van der Waals surface area contributed by atoms with Crippen LogP contribution in [0.4, 0.5) is 0 Å². The molecule has 174 valence electrons. The first kappa shape index (κ1) is 23.3. The van der Waals surface area contributed by atoms with E-state index in [0.29, 0.717) is 32.0 Å². The monoisotopic (exact) mass is 464 g/mol. The Morgan fingerprint density at radius 1 is 1.24 bits per heavy atom. The van der Waals surface area contributed by atoms with Crippen molar-refractivity contribution < 1.29 is 14.3 Å². The first-order chi connectivity index (χ1) is 15.9. The summed E-state index contributed by atoms with van der Waals surface area (Å²) < 4.78 is 11.7. The fourth-order valence-electron chi connectivity index (χ4n) is 4.40. The third-order valence-electron chi connectivity index (χ3n) is 6.16. The number of benzene rings is 1. The molecule has 1 N–H and O–H groups in total. The quantitative estimate of drug-likeness (QED) is 0.364. The Bertz CT molecular complexity index is 1060. The lowest BCUT2D eigenvalue weighted by Crippen LogP contribution is -2.41. The van der Waals surface area contributed by atoms with Gasteiger partial charge in [0, 0.05) is 45.1 Å². The second kappa shape index (κ2) is 9.95. The zero-order valence-electron chi connectivity index (χ0n) is 19.6. The molecule has 0 aliphatic carbocycles. The van der Waals surface area contributed by atoms with Crippen LogP contribution < -0.4 is 0 Å². The maximum absolute atomic E-state index is 12.6. The Labute approximate surface area is 196 Å². The van der Waals surface area contributed by atoms with Crippen molar-refractivity contribution in [1.29, 1.82) is 5.26 Å². The van der Waals surface area contributed by atoms with Crippen LogP contribution in [0.2, 0.25) is 25.7 Å². The lowest BCUT2D eigenvalue weighted by molar-refractivity contribution is -0.118. The highest BCUT2D eigenvalue weighted by Crippen LogP contribution is 2.43. The maximum atomic E-state index is 12.6. The maximum Gasteiger partial charge on any atom is 0.214 e. The van der Waals surface area contributed by atoms with Gasteiger partial charge in [0.15, 0.2) is 0 Å². The van der Waals surface area contributed by atoms with Crippen molar-refractivity contribution in [1.82, 2.24) is 14.8 Å². The second-order valence-electron chi connectivity index (χ2n) is 9.71. The van der Waals surface area contributed by atoms with E-state index in [1.165, 1.54) is 0 Å². The van der Waals surface area contributed by atoms with E-state index in [4.69, 9.17) is 9.47 Å². The van der Waals surface area contributed by atoms with Gasteiger partial charge in [-0.15, -0.1) is 0 Å². The van der Waals surface area contributed by atoms with Crippen LogP contribution in [0.3, 0.4) is 0 Å². The van der Waals surface area contributed by atoms with Gasteiger partial charge in [-0.25, -0.2) is 0 Å². The number of rotatable bonds is 8. The molecule has 2 aliphatic rings. The van der Waals surface area contributed by atoms with Gasteiger partial charge in [-0.3, -0.25) is 4.79 Å². The molecule has 4 rings (SSSR count). The summed E-state index contributed by atoms with van der Waals surface area (Å²) in [4.78, 5) is 20.0. The normalized spacial score (nSPS) is 18.8. The molecule has 1 fully saturated rings. The molecule has 1 aromatic heterocycles. The number of ether oxygens (including phenoxy) is 2. The number of hydrogen-bond donors (Lipinski definition) is 1. The Balaban J connectivity index is 1.78. The van der Waals surface area contributed by atoms with E-state index in [-0.39, 0.29) is 6.04 Å². The van der Waals surface area contributed by atoms with Crippen molar-refractivity contribution in [2.24, 2.45) is 0 Å². The SMILES string of the molecule is C[Si](C)(C)CCOCC1c2[nH]ccc2C(N2CCOCC2)=C(c2cccc(C#N)c2)N1C=O. The highest BCUT2D eigenvalue weighted by molar-refractivity contribution is 6.76. The number of nitriles is 1. The van der Waals surface area contributed by atoms with E-state index in [2.05, 4.69) is 41.7 Å². The molecule has 33 heavy (non-hydrogen) atoms. The van der Waals surface area contributed by atoms with Gasteiger partial charge in [0.05, 0.1) is 48.5 Å². The van der Waals surface area contributed by atoms with Crippen molar-refractivity contribution in [3.8, 4) is 6.07 Å². The summed E-state index contributed by atoms with van der Waals surface area (Å²) in [6.07, 6.45) is 2.82. The fraction of sp³-hybridized carbons (Fsp3) is 0.440. The highest BCUT2D eigenvalue weighted by Gasteiger charge is 2.37. The van der Waals surface area contributed by atoms with Crippen LogP contribution in [0.1, 0.15) is 28.4 Å². The molecule has 8 heteroatoms. The van der Waals surface area contributed by atoms with Crippen molar-refractivity contribution in [3.05, 3.63) is 58.9 Å². The molecule has 1 unspecified atom stereocenters. The van der Waals surface area contributed by atoms with Gasteiger partial charge in [-0.2, -0.15) is 5.26 Å². The molecule has 1 saturated heterocycles. The molecule has 2 aliphatic heterocycles. The largest absolute Gasteiger partial charge is 0.379 e. The van der Waals surface area contributed by atoms with Crippen LogP contribution in [0, 0.1) is 11.3 Å². The molecule has 3 heterocycles. The number of carbonyl (C=O) groups is 1. The van der Waals surface area contributed by atoms with E-state index in [1.54, 1.807) is 11.0 Å². The van der Waals surface area contributed by atoms with Gasteiger partial charge in [0.1, 0.15) is 6.04 Å². The number of hydrogen-bond acceptors (Lipinski definition) is 5. The van der Waals surface area contributed by atoms with Crippen LogP contribution in [-0.2, 0) is 14.3 Å². The third-order valence-corrected chi connectivity index (χ3v) is 7.87. The molecular weight excluding hydrogens is 432 g/mol. The summed E-state index contributed by atoms with van der Waals surface area (Å²) in [7, 11) is -1.21. The van der Waals surface area contributed by atoms with Crippen LogP contribution in [0.5, 0.6) is 0 Å².